The number of sulfonamides is 1. The maximum Gasteiger partial charge on any atom is 0.291 e. The lowest BCUT2D eigenvalue weighted by Crippen LogP contribution is -2.54. The number of hydrogen-bond acceptors (Lipinski definition) is 7. The lowest BCUT2D eigenvalue weighted by molar-refractivity contribution is 0.150. The molecule has 1 saturated carbocycles. The van der Waals surface area contributed by atoms with Gasteiger partial charge in [0.15, 0.2) is 5.01 Å². The van der Waals surface area contributed by atoms with Crippen LogP contribution in [-0.4, -0.2) is 53.7 Å². The Morgan fingerprint density at radius 1 is 1.21 bits per heavy atom. The molecule has 1 aliphatic carbocycles. The third-order valence-corrected chi connectivity index (χ3v) is 8.73. The zero-order chi connectivity index (χ0) is 23.5. The van der Waals surface area contributed by atoms with Gasteiger partial charge < -0.3 is 14.6 Å². The van der Waals surface area contributed by atoms with Gasteiger partial charge in [0.25, 0.3) is 6.43 Å². The van der Waals surface area contributed by atoms with Crippen molar-refractivity contribution in [2.24, 2.45) is 0 Å². The van der Waals surface area contributed by atoms with Crippen LogP contribution in [-0.2, 0) is 10.0 Å². The van der Waals surface area contributed by atoms with Gasteiger partial charge in [-0.1, -0.05) is 11.3 Å². The minimum atomic E-state index is -3.78. The van der Waals surface area contributed by atoms with Crippen molar-refractivity contribution in [2.45, 2.75) is 62.6 Å². The number of rotatable bonds is 6. The normalized spacial score (nSPS) is 22.9. The molecule has 1 saturated heterocycles. The van der Waals surface area contributed by atoms with E-state index in [2.05, 4.69) is 39.0 Å². The first-order valence-corrected chi connectivity index (χ1v) is 13.2. The summed E-state index contributed by atoms with van der Waals surface area (Å²) in [6, 6.07) is 5.50. The molecule has 2 aliphatic rings. The number of aromatic nitrogens is 3. The van der Waals surface area contributed by atoms with Crippen molar-refractivity contribution in [3.8, 4) is 10.6 Å². The van der Waals surface area contributed by atoms with Crippen LogP contribution in [0.15, 0.2) is 29.3 Å². The van der Waals surface area contributed by atoms with E-state index in [1.807, 2.05) is 17.5 Å². The molecule has 0 spiro atoms. The molecular weight excluding hydrogens is 470 g/mol. The molecule has 0 amide bonds. The first kappa shape index (κ1) is 22.6. The Bertz CT molecular complexity index is 1290. The highest BCUT2D eigenvalue weighted by Gasteiger charge is 2.41. The third kappa shape index (κ3) is 4.36. The van der Waals surface area contributed by atoms with Gasteiger partial charge in [0, 0.05) is 42.5 Å². The van der Waals surface area contributed by atoms with E-state index >= 15 is 0 Å². The SMILES string of the molecule is C[C@H]1CN(c2cc(S(=O)(=O)NC3(C)CC3)cc3c(-c4nnc(C(F)F)s4)ccn23)C[C@H](C)N1. The van der Waals surface area contributed by atoms with Gasteiger partial charge in [-0.15, -0.1) is 10.2 Å². The Labute approximate surface area is 195 Å². The van der Waals surface area contributed by atoms with Crippen LogP contribution >= 0.6 is 11.3 Å². The van der Waals surface area contributed by atoms with Crippen LogP contribution in [0, 0.1) is 0 Å². The molecule has 0 bridgehead atoms. The number of halogens is 2. The van der Waals surface area contributed by atoms with E-state index in [0.29, 0.717) is 29.2 Å². The van der Waals surface area contributed by atoms with Crippen molar-refractivity contribution in [3.63, 3.8) is 0 Å². The summed E-state index contributed by atoms with van der Waals surface area (Å²) in [5, 5.41) is 11.0. The lowest BCUT2D eigenvalue weighted by Gasteiger charge is -2.38. The van der Waals surface area contributed by atoms with E-state index in [4.69, 9.17) is 0 Å². The Morgan fingerprint density at radius 3 is 2.52 bits per heavy atom. The molecule has 12 heteroatoms. The summed E-state index contributed by atoms with van der Waals surface area (Å²) in [7, 11) is -3.78. The topological polar surface area (TPSA) is 91.6 Å². The Morgan fingerprint density at radius 2 is 1.91 bits per heavy atom. The molecule has 3 aromatic rings. The number of nitrogens with one attached hydrogen (secondary N) is 2. The number of fused-ring (bicyclic) bond motifs is 1. The van der Waals surface area contributed by atoms with Crippen LogP contribution in [0.3, 0.4) is 0 Å². The number of alkyl halides is 2. The van der Waals surface area contributed by atoms with Gasteiger partial charge in [-0.2, -0.15) is 0 Å². The Balaban J connectivity index is 1.67. The number of hydrogen-bond donors (Lipinski definition) is 2. The van der Waals surface area contributed by atoms with E-state index in [1.165, 1.54) is 0 Å². The predicted molar refractivity (Wildman–Crippen MR) is 123 cm³/mol. The third-order valence-electron chi connectivity index (χ3n) is 6.15. The summed E-state index contributed by atoms with van der Waals surface area (Å²) in [6.45, 7) is 7.47. The van der Waals surface area contributed by atoms with Crippen molar-refractivity contribution >= 4 is 32.7 Å². The highest BCUT2D eigenvalue weighted by atomic mass is 32.2. The van der Waals surface area contributed by atoms with Crippen molar-refractivity contribution in [3.05, 3.63) is 29.4 Å². The zero-order valence-corrected chi connectivity index (χ0v) is 20.2. The van der Waals surface area contributed by atoms with Crippen LogP contribution in [0.2, 0.25) is 0 Å². The molecule has 0 unspecified atom stereocenters. The van der Waals surface area contributed by atoms with Crippen molar-refractivity contribution in [2.75, 3.05) is 18.0 Å². The predicted octanol–water partition coefficient (Wildman–Crippen LogP) is 3.41. The van der Waals surface area contributed by atoms with Gasteiger partial charge in [-0.3, -0.25) is 0 Å². The molecule has 2 atom stereocenters. The number of nitrogens with zero attached hydrogens (tertiary/aromatic N) is 4. The summed E-state index contributed by atoms with van der Waals surface area (Å²) < 4.78 is 57.5. The minimum absolute atomic E-state index is 0.149. The smallest absolute Gasteiger partial charge is 0.291 e. The highest BCUT2D eigenvalue weighted by Crippen LogP contribution is 2.38. The minimum Gasteiger partial charge on any atom is -0.355 e. The zero-order valence-electron chi connectivity index (χ0n) is 18.5. The van der Waals surface area contributed by atoms with Crippen LogP contribution in [0.4, 0.5) is 14.6 Å². The van der Waals surface area contributed by atoms with Gasteiger partial charge in [-0.05, 0) is 51.8 Å². The van der Waals surface area contributed by atoms with E-state index in [-0.39, 0.29) is 22.0 Å². The monoisotopic (exact) mass is 496 g/mol. The number of pyridine rings is 1. The molecule has 2 fully saturated rings. The Hall–Kier alpha value is -2.15. The maximum atomic E-state index is 13.3. The van der Waals surface area contributed by atoms with Gasteiger partial charge in [0.1, 0.15) is 10.8 Å². The average molecular weight is 497 g/mol. The second kappa shape index (κ2) is 7.97. The van der Waals surface area contributed by atoms with Crippen LogP contribution < -0.4 is 14.9 Å². The summed E-state index contributed by atoms with van der Waals surface area (Å²) in [4.78, 5) is 2.31. The molecular formula is C21H26F2N6O2S2. The van der Waals surface area contributed by atoms with E-state index in [1.54, 1.807) is 18.2 Å². The van der Waals surface area contributed by atoms with Gasteiger partial charge in [-0.25, -0.2) is 21.9 Å². The van der Waals surface area contributed by atoms with Crippen LogP contribution in [0.25, 0.3) is 16.1 Å². The molecule has 3 aromatic heterocycles. The molecule has 0 radical (unpaired) electrons. The molecule has 33 heavy (non-hydrogen) atoms. The number of piperazine rings is 1. The molecule has 2 N–H and O–H groups in total. The molecule has 178 valence electrons. The van der Waals surface area contributed by atoms with Crippen molar-refractivity contribution in [1.82, 2.24) is 24.6 Å². The fourth-order valence-electron chi connectivity index (χ4n) is 4.36. The molecule has 4 heterocycles. The summed E-state index contributed by atoms with van der Waals surface area (Å²) >= 11 is 0.815. The first-order chi connectivity index (χ1) is 15.5. The maximum absolute atomic E-state index is 13.3. The van der Waals surface area contributed by atoms with E-state index in [9.17, 15) is 17.2 Å². The van der Waals surface area contributed by atoms with E-state index in [0.717, 1.165) is 30.0 Å². The van der Waals surface area contributed by atoms with Crippen molar-refractivity contribution in [1.29, 1.82) is 0 Å². The van der Waals surface area contributed by atoms with Crippen LogP contribution in [0.5, 0.6) is 0 Å². The first-order valence-electron chi connectivity index (χ1n) is 10.9. The fraction of sp³-hybridized carbons (Fsp3) is 0.524. The van der Waals surface area contributed by atoms with E-state index < -0.39 is 22.0 Å². The quantitative estimate of drug-likeness (QED) is 0.544. The fourth-order valence-corrected chi connectivity index (χ4v) is 6.59. The van der Waals surface area contributed by atoms with Gasteiger partial charge >= 0.3 is 0 Å². The Kier molecular flexibility index (Phi) is 5.46. The average Bonchev–Trinajstić information content (AvgIpc) is 3.14. The molecule has 0 aromatic carbocycles. The summed E-state index contributed by atoms with van der Waals surface area (Å²) in [5.41, 5.74) is 0.746. The highest BCUT2D eigenvalue weighted by molar-refractivity contribution is 7.89. The standard InChI is InChI=1S/C21H26F2N6O2S2/c1-12-10-28(11-13(2)24-12)17-9-14(33(30,31)27-21(3)5-6-21)8-16-15(4-7-29(16)17)19-25-26-20(32-19)18(22)23/h4,7-9,12-13,18,24,27H,5-6,10-11H2,1-3H3/t12-,13-/m0/s1. The second-order valence-corrected chi connectivity index (χ2v) is 12.0. The second-order valence-electron chi connectivity index (χ2n) is 9.32. The van der Waals surface area contributed by atoms with Gasteiger partial charge in [0.2, 0.25) is 10.0 Å². The molecule has 1 aliphatic heterocycles. The molecule has 5 rings (SSSR count). The van der Waals surface area contributed by atoms with Crippen LogP contribution in [0.1, 0.15) is 45.0 Å². The van der Waals surface area contributed by atoms with Gasteiger partial charge in [0.05, 0.1) is 10.4 Å². The molecule has 8 nitrogen and oxygen atoms in total. The van der Waals surface area contributed by atoms with Crippen molar-refractivity contribution < 1.29 is 17.2 Å². The lowest BCUT2D eigenvalue weighted by atomic mass is 10.1. The largest absolute Gasteiger partial charge is 0.355 e. The number of anilines is 1. The summed E-state index contributed by atoms with van der Waals surface area (Å²) in [6.07, 6.45) is 0.716. The summed E-state index contributed by atoms with van der Waals surface area (Å²) in [5.74, 6) is 0.735.